The molecule has 0 aliphatic carbocycles. The van der Waals surface area contributed by atoms with Crippen molar-refractivity contribution in [1.82, 2.24) is 9.97 Å². The van der Waals surface area contributed by atoms with Crippen LogP contribution in [0.15, 0.2) is 42.7 Å². The maximum atomic E-state index is 12.2. The van der Waals surface area contributed by atoms with Gasteiger partial charge in [-0.3, -0.25) is 9.78 Å². The molecule has 0 radical (unpaired) electrons. The Morgan fingerprint density at radius 2 is 2.00 bits per heavy atom. The van der Waals surface area contributed by atoms with Crippen molar-refractivity contribution in [2.24, 2.45) is 0 Å². The maximum Gasteiger partial charge on any atom is 0.215 e. The first-order chi connectivity index (χ1) is 8.33. The minimum atomic E-state index is -0.116. The van der Waals surface area contributed by atoms with Crippen molar-refractivity contribution in [2.45, 2.75) is 6.92 Å². The zero-order valence-electron chi connectivity index (χ0n) is 9.55. The van der Waals surface area contributed by atoms with Crippen LogP contribution in [-0.2, 0) is 0 Å². The Morgan fingerprint density at radius 3 is 2.71 bits per heavy atom. The minimum Gasteiger partial charge on any atom is -0.370 e. The molecule has 0 aliphatic heterocycles. The normalized spacial score (nSPS) is 9.94. The zero-order chi connectivity index (χ0) is 12.1. The second-order valence-electron chi connectivity index (χ2n) is 3.47. The lowest BCUT2D eigenvalue weighted by Crippen LogP contribution is -2.10. The van der Waals surface area contributed by atoms with Crippen LogP contribution in [0.2, 0.25) is 0 Å². The molecule has 0 saturated heterocycles. The Morgan fingerprint density at radius 1 is 1.18 bits per heavy atom. The molecule has 2 aromatic rings. The standard InChI is InChI=1S/C13H13N3O/c1-2-14-13-10(6-5-9-16-13)12(17)11-7-3-4-8-15-11/h3-9H,2H2,1H3,(H,14,16). The number of carbonyl (C=O) groups is 1. The molecule has 4 heteroatoms. The average molecular weight is 227 g/mol. The number of nitrogens with one attached hydrogen (secondary N) is 1. The Bertz CT molecular complexity index is 511. The summed E-state index contributed by atoms with van der Waals surface area (Å²) in [5, 5.41) is 3.07. The van der Waals surface area contributed by atoms with Crippen LogP contribution < -0.4 is 5.32 Å². The van der Waals surface area contributed by atoms with Crippen LogP contribution in [0.1, 0.15) is 23.0 Å². The van der Waals surface area contributed by atoms with Crippen LogP contribution in [0.3, 0.4) is 0 Å². The van der Waals surface area contributed by atoms with Crippen molar-refractivity contribution < 1.29 is 4.79 Å². The Labute approximate surface area is 99.7 Å². The van der Waals surface area contributed by atoms with E-state index in [0.717, 1.165) is 6.54 Å². The first kappa shape index (κ1) is 11.3. The van der Waals surface area contributed by atoms with Crippen LogP contribution in [0, 0.1) is 0 Å². The monoisotopic (exact) mass is 227 g/mol. The predicted octanol–water partition coefficient (Wildman–Crippen LogP) is 2.14. The molecule has 0 aromatic carbocycles. The van der Waals surface area contributed by atoms with Gasteiger partial charge in [-0.1, -0.05) is 6.07 Å². The number of nitrogens with zero attached hydrogens (tertiary/aromatic N) is 2. The molecule has 0 saturated carbocycles. The van der Waals surface area contributed by atoms with Crippen LogP contribution in [0.25, 0.3) is 0 Å². The molecule has 0 amide bonds. The van der Waals surface area contributed by atoms with E-state index in [1.54, 1.807) is 42.7 Å². The number of rotatable bonds is 4. The van der Waals surface area contributed by atoms with Gasteiger partial charge in [0.1, 0.15) is 11.5 Å². The van der Waals surface area contributed by atoms with Gasteiger partial charge in [0.2, 0.25) is 5.78 Å². The lowest BCUT2D eigenvalue weighted by molar-refractivity contribution is 0.103. The second kappa shape index (κ2) is 5.21. The summed E-state index contributed by atoms with van der Waals surface area (Å²) in [5.74, 6) is 0.486. The van der Waals surface area contributed by atoms with Crippen LogP contribution in [0.5, 0.6) is 0 Å². The minimum absolute atomic E-state index is 0.116. The van der Waals surface area contributed by atoms with E-state index in [4.69, 9.17) is 0 Å². The molecular weight excluding hydrogens is 214 g/mol. The molecule has 86 valence electrons. The SMILES string of the molecule is CCNc1ncccc1C(=O)c1ccccn1. The lowest BCUT2D eigenvalue weighted by Gasteiger charge is -2.07. The number of ketones is 1. The van der Waals surface area contributed by atoms with E-state index in [1.807, 2.05) is 6.92 Å². The van der Waals surface area contributed by atoms with E-state index in [1.165, 1.54) is 0 Å². The fourth-order valence-electron chi connectivity index (χ4n) is 1.53. The number of hydrogen-bond acceptors (Lipinski definition) is 4. The average Bonchev–Trinajstić information content (AvgIpc) is 2.40. The molecule has 0 bridgehead atoms. The second-order valence-corrected chi connectivity index (χ2v) is 3.47. The van der Waals surface area contributed by atoms with Crippen LogP contribution in [-0.4, -0.2) is 22.3 Å². The molecule has 0 atom stereocenters. The third-order valence-corrected chi connectivity index (χ3v) is 2.29. The highest BCUT2D eigenvalue weighted by Gasteiger charge is 2.14. The van der Waals surface area contributed by atoms with E-state index >= 15 is 0 Å². The number of pyridine rings is 2. The molecule has 1 N–H and O–H groups in total. The largest absolute Gasteiger partial charge is 0.370 e. The van der Waals surface area contributed by atoms with Gasteiger partial charge in [-0.15, -0.1) is 0 Å². The summed E-state index contributed by atoms with van der Waals surface area (Å²) < 4.78 is 0. The summed E-state index contributed by atoms with van der Waals surface area (Å²) in [7, 11) is 0. The fourth-order valence-corrected chi connectivity index (χ4v) is 1.53. The van der Waals surface area contributed by atoms with Gasteiger partial charge in [0.15, 0.2) is 0 Å². The molecule has 2 heterocycles. The Balaban J connectivity index is 2.37. The van der Waals surface area contributed by atoms with E-state index < -0.39 is 0 Å². The predicted molar refractivity (Wildman–Crippen MR) is 66.1 cm³/mol. The molecule has 0 fully saturated rings. The molecular formula is C13H13N3O. The zero-order valence-corrected chi connectivity index (χ0v) is 9.55. The summed E-state index contributed by atoms with van der Waals surface area (Å²) in [6.07, 6.45) is 3.27. The van der Waals surface area contributed by atoms with Gasteiger partial charge in [-0.05, 0) is 31.2 Å². The van der Waals surface area contributed by atoms with Crippen molar-refractivity contribution in [3.8, 4) is 0 Å². The number of hydrogen-bond donors (Lipinski definition) is 1. The molecule has 4 nitrogen and oxygen atoms in total. The smallest absolute Gasteiger partial charge is 0.215 e. The van der Waals surface area contributed by atoms with Gasteiger partial charge in [0.25, 0.3) is 0 Å². The lowest BCUT2D eigenvalue weighted by atomic mass is 10.1. The van der Waals surface area contributed by atoms with Gasteiger partial charge in [-0.25, -0.2) is 4.98 Å². The van der Waals surface area contributed by atoms with Crippen molar-refractivity contribution in [3.05, 3.63) is 54.0 Å². The topological polar surface area (TPSA) is 54.9 Å². The highest BCUT2D eigenvalue weighted by molar-refractivity contribution is 6.10. The maximum absolute atomic E-state index is 12.2. The van der Waals surface area contributed by atoms with Crippen molar-refractivity contribution in [3.63, 3.8) is 0 Å². The van der Waals surface area contributed by atoms with E-state index in [2.05, 4.69) is 15.3 Å². The summed E-state index contributed by atoms with van der Waals surface area (Å²) in [4.78, 5) is 20.4. The molecule has 2 aromatic heterocycles. The highest BCUT2D eigenvalue weighted by atomic mass is 16.1. The Kier molecular flexibility index (Phi) is 3.45. The molecule has 0 spiro atoms. The van der Waals surface area contributed by atoms with Gasteiger partial charge in [-0.2, -0.15) is 0 Å². The van der Waals surface area contributed by atoms with Crippen molar-refractivity contribution in [1.29, 1.82) is 0 Å². The summed E-state index contributed by atoms with van der Waals surface area (Å²) in [6.45, 7) is 2.68. The van der Waals surface area contributed by atoms with E-state index in [9.17, 15) is 4.79 Å². The quantitative estimate of drug-likeness (QED) is 0.813. The van der Waals surface area contributed by atoms with Gasteiger partial charge in [0, 0.05) is 18.9 Å². The molecule has 0 unspecified atom stereocenters. The van der Waals surface area contributed by atoms with E-state index in [-0.39, 0.29) is 5.78 Å². The van der Waals surface area contributed by atoms with Crippen LogP contribution in [0.4, 0.5) is 5.82 Å². The third kappa shape index (κ3) is 2.47. The number of anilines is 1. The third-order valence-electron chi connectivity index (χ3n) is 2.29. The fraction of sp³-hybridized carbons (Fsp3) is 0.154. The summed E-state index contributed by atoms with van der Waals surface area (Å²) >= 11 is 0. The van der Waals surface area contributed by atoms with E-state index in [0.29, 0.717) is 17.1 Å². The van der Waals surface area contributed by atoms with Gasteiger partial charge >= 0.3 is 0 Å². The summed E-state index contributed by atoms with van der Waals surface area (Å²) in [5.41, 5.74) is 0.979. The van der Waals surface area contributed by atoms with Crippen molar-refractivity contribution >= 4 is 11.6 Å². The summed E-state index contributed by atoms with van der Waals surface area (Å²) in [6, 6.07) is 8.78. The molecule has 2 rings (SSSR count). The number of carbonyl (C=O) groups excluding carboxylic acids is 1. The first-order valence-corrected chi connectivity index (χ1v) is 5.47. The van der Waals surface area contributed by atoms with Gasteiger partial charge in [0.05, 0.1) is 5.56 Å². The Hall–Kier alpha value is -2.23. The highest BCUT2D eigenvalue weighted by Crippen LogP contribution is 2.15. The number of aromatic nitrogens is 2. The molecule has 17 heavy (non-hydrogen) atoms. The first-order valence-electron chi connectivity index (χ1n) is 5.47. The van der Waals surface area contributed by atoms with Gasteiger partial charge < -0.3 is 5.32 Å². The van der Waals surface area contributed by atoms with Crippen LogP contribution >= 0.6 is 0 Å². The van der Waals surface area contributed by atoms with Crippen molar-refractivity contribution in [2.75, 3.05) is 11.9 Å². The molecule has 0 aliphatic rings.